The Morgan fingerprint density at radius 1 is 1.03 bits per heavy atom. The van der Waals surface area contributed by atoms with Gasteiger partial charge in [0, 0.05) is 18.4 Å². The molecule has 1 amide bonds. The fourth-order valence-corrected chi connectivity index (χ4v) is 4.18. The first-order valence-electron chi connectivity index (χ1n) is 11.7. The molecule has 210 valence electrons. The summed E-state index contributed by atoms with van der Waals surface area (Å²) in [5, 5.41) is 0. The summed E-state index contributed by atoms with van der Waals surface area (Å²) >= 11 is 0. The highest BCUT2D eigenvalue weighted by atomic mass is 32.2. The molecule has 0 spiro atoms. The second-order valence-electron chi connectivity index (χ2n) is 9.41. The summed E-state index contributed by atoms with van der Waals surface area (Å²) in [5.74, 6) is -1.76. The quantitative estimate of drug-likeness (QED) is 0.393. The Morgan fingerprint density at radius 3 is 2.26 bits per heavy atom. The summed E-state index contributed by atoms with van der Waals surface area (Å²) in [6.45, 7) is 6.42. The number of carbonyl (C=O) groups is 2. The maximum Gasteiger partial charge on any atom is 0.433 e. The van der Waals surface area contributed by atoms with E-state index >= 15 is 0 Å². The topological polar surface area (TPSA) is 112 Å². The molecule has 0 saturated carbocycles. The number of Topliss-reactive ketones (excluding diaryl/α,β-unsaturated/α-hetero) is 1. The van der Waals surface area contributed by atoms with E-state index in [1.807, 2.05) is 0 Å². The largest absolute Gasteiger partial charge is 0.478 e. The predicted molar refractivity (Wildman–Crippen MR) is 131 cm³/mol. The highest BCUT2D eigenvalue weighted by molar-refractivity contribution is 7.90. The summed E-state index contributed by atoms with van der Waals surface area (Å²) in [6, 6.07) is 5.99. The van der Waals surface area contributed by atoms with Gasteiger partial charge in [0.05, 0.1) is 12.4 Å². The van der Waals surface area contributed by atoms with Gasteiger partial charge in [0.2, 0.25) is 15.9 Å². The van der Waals surface area contributed by atoms with E-state index in [1.165, 1.54) is 18.2 Å². The average molecular weight is 563 g/mol. The number of ketones is 1. The molecule has 2 rings (SSSR count). The zero-order valence-electron chi connectivity index (χ0n) is 21.4. The van der Waals surface area contributed by atoms with E-state index in [4.69, 9.17) is 9.47 Å². The van der Waals surface area contributed by atoms with Gasteiger partial charge in [-0.1, -0.05) is 18.2 Å². The lowest BCUT2D eigenvalue weighted by atomic mass is 10.0. The first-order chi connectivity index (χ1) is 17.5. The molecule has 0 unspecified atom stereocenters. The molecule has 1 heterocycles. The average Bonchev–Trinajstić information content (AvgIpc) is 2.75. The van der Waals surface area contributed by atoms with Crippen molar-refractivity contribution in [1.29, 1.82) is 0 Å². The fraction of sp³-hybridized carbons (Fsp3) is 0.480. The van der Waals surface area contributed by atoms with Gasteiger partial charge in [0.15, 0.2) is 0 Å². The SMILES string of the molecule is CCOc1nc(C(F)(F)F)ccc1CCC(=O)Cc1ccc(CCS(=O)(=O)NC(=O)OC(C)(C)C)c(F)c1. The number of hydrogen-bond donors (Lipinski definition) is 1. The van der Waals surface area contributed by atoms with Crippen LogP contribution in [0.2, 0.25) is 0 Å². The van der Waals surface area contributed by atoms with Crippen molar-refractivity contribution in [3.05, 3.63) is 58.5 Å². The number of carbonyl (C=O) groups excluding carboxylic acids is 2. The van der Waals surface area contributed by atoms with Gasteiger partial charge in [-0.15, -0.1) is 0 Å². The van der Waals surface area contributed by atoms with Crippen molar-refractivity contribution in [1.82, 2.24) is 9.71 Å². The molecule has 38 heavy (non-hydrogen) atoms. The molecule has 13 heteroatoms. The smallest absolute Gasteiger partial charge is 0.433 e. The molecule has 0 fully saturated rings. The molecule has 2 aromatic rings. The van der Waals surface area contributed by atoms with Crippen molar-refractivity contribution in [3.63, 3.8) is 0 Å². The van der Waals surface area contributed by atoms with Gasteiger partial charge in [0.1, 0.15) is 22.9 Å². The van der Waals surface area contributed by atoms with E-state index in [-0.39, 0.29) is 49.5 Å². The van der Waals surface area contributed by atoms with Crippen LogP contribution < -0.4 is 9.46 Å². The minimum Gasteiger partial charge on any atom is -0.478 e. The highest BCUT2D eigenvalue weighted by Crippen LogP contribution is 2.30. The Bertz CT molecular complexity index is 1260. The second-order valence-corrected chi connectivity index (χ2v) is 11.2. The first kappa shape index (κ1) is 31.0. The molecule has 0 aliphatic heterocycles. The van der Waals surface area contributed by atoms with Crippen molar-refractivity contribution in [2.45, 2.75) is 65.2 Å². The molecule has 1 N–H and O–H groups in total. The van der Waals surface area contributed by atoms with E-state index < -0.39 is 45.2 Å². The number of nitrogens with zero attached hydrogens (tertiary/aromatic N) is 1. The van der Waals surface area contributed by atoms with Crippen LogP contribution in [0.15, 0.2) is 30.3 Å². The number of sulfonamides is 1. The molecular weight excluding hydrogens is 532 g/mol. The predicted octanol–water partition coefficient (Wildman–Crippen LogP) is 4.78. The van der Waals surface area contributed by atoms with E-state index in [0.717, 1.165) is 12.1 Å². The fourth-order valence-electron chi connectivity index (χ4n) is 3.29. The maximum absolute atomic E-state index is 14.5. The van der Waals surface area contributed by atoms with E-state index in [9.17, 15) is 35.6 Å². The Labute approximate surface area is 218 Å². The van der Waals surface area contributed by atoms with Crippen LogP contribution in [-0.4, -0.2) is 43.2 Å². The van der Waals surface area contributed by atoms with Gasteiger partial charge in [-0.05, 0) is 63.8 Å². The number of halogens is 4. The minimum absolute atomic E-state index is 0.0366. The Kier molecular flexibility index (Phi) is 10.2. The number of aromatic nitrogens is 1. The molecule has 0 aliphatic rings. The van der Waals surface area contributed by atoms with Crippen molar-refractivity contribution in [2.24, 2.45) is 0 Å². The van der Waals surface area contributed by atoms with Crippen LogP contribution in [0.1, 0.15) is 56.5 Å². The molecule has 0 radical (unpaired) electrons. The number of alkyl halides is 3. The van der Waals surface area contributed by atoms with E-state index in [2.05, 4.69) is 4.98 Å². The summed E-state index contributed by atoms with van der Waals surface area (Å²) < 4.78 is 89.3. The lowest BCUT2D eigenvalue weighted by Crippen LogP contribution is -2.37. The number of pyridine rings is 1. The molecule has 0 atom stereocenters. The third-order valence-corrected chi connectivity index (χ3v) is 6.20. The molecule has 0 bridgehead atoms. The maximum atomic E-state index is 14.5. The van der Waals surface area contributed by atoms with Gasteiger partial charge >= 0.3 is 12.3 Å². The van der Waals surface area contributed by atoms with Crippen LogP contribution in [0.25, 0.3) is 0 Å². The summed E-state index contributed by atoms with van der Waals surface area (Å²) in [4.78, 5) is 27.6. The van der Waals surface area contributed by atoms with Crippen LogP contribution in [0.4, 0.5) is 22.4 Å². The van der Waals surface area contributed by atoms with Crippen molar-refractivity contribution in [2.75, 3.05) is 12.4 Å². The number of nitrogens with one attached hydrogen (secondary N) is 1. The monoisotopic (exact) mass is 562 g/mol. The Morgan fingerprint density at radius 2 is 1.68 bits per heavy atom. The molecule has 0 aliphatic carbocycles. The van der Waals surface area contributed by atoms with Crippen molar-refractivity contribution < 1.29 is 45.0 Å². The van der Waals surface area contributed by atoms with Crippen LogP contribution in [-0.2, 0) is 45.0 Å². The number of hydrogen-bond acceptors (Lipinski definition) is 7. The van der Waals surface area contributed by atoms with Gasteiger partial charge in [-0.2, -0.15) is 13.2 Å². The lowest BCUT2D eigenvalue weighted by Gasteiger charge is -2.19. The molecular formula is C25H30F4N2O6S. The van der Waals surface area contributed by atoms with Gasteiger partial charge in [0.25, 0.3) is 0 Å². The molecule has 0 saturated heterocycles. The third kappa shape index (κ3) is 10.3. The van der Waals surface area contributed by atoms with Crippen LogP contribution in [0.5, 0.6) is 5.88 Å². The zero-order chi connectivity index (χ0) is 28.7. The number of amides is 1. The first-order valence-corrected chi connectivity index (χ1v) is 13.4. The van der Waals surface area contributed by atoms with Crippen LogP contribution in [0.3, 0.4) is 0 Å². The summed E-state index contributed by atoms with van der Waals surface area (Å²) in [7, 11) is -4.07. The van der Waals surface area contributed by atoms with Crippen LogP contribution >= 0.6 is 0 Å². The van der Waals surface area contributed by atoms with Gasteiger partial charge in [-0.3, -0.25) is 4.79 Å². The van der Waals surface area contributed by atoms with Crippen LogP contribution in [0, 0.1) is 5.82 Å². The number of ether oxygens (including phenoxy) is 2. The number of aryl methyl sites for hydroxylation is 2. The minimum atomic E-state index is -4.63. The van der Waals surface area contributed by atoms with Crippen molar-refractivity contribution >= 4 is 21.9 Å². The Balaban J connectivity index is 1.96. The standard InChI is InChI=1S/C25H30F4N2O6S/c1-5-36-22-18(9-11-21(30-22)25(27,28)29)8-10-19(32)14-16-6-7-17(20(26)15-16)12-13-38(34,35)31-23(33)37-24(2,3)4/h6-7,9,11,15H,5,8,10,12-14H2,1-4H3,(H,31,33). The zero-order valence-corrected chi connectivity index (χ0v) is 22.3. The second kappa shape index (κ2) is 12.5. The summed E-state index contributed by atoms with van der Waals surface area (Å²) in [5.41, 5.74) is -1.22. The lowest BCUT2D eigenvalue weighted by molar-refractivity contribution is -0.141. The molecule has 1 aromatic heterocycles. The van der Waals surface area contributed by atoms with Gasteiger partial charge in [-0.25, -0.2) is 27.3 Å². The molecule has 8 nitrogen and oxygen atoms in total. The van der Waals surface area contributed by atoms with Gasteiger partial charge < -0.3 is 9.47 Å². The third-order valence-electron chi connectivity index (χ3n) is 4.98. The number of rotatable bonds is 11. The van der Waals surface area contributed by atoms with Crippen molar-refractivity contribution in [3.8, 4) is 5.88 Å². The molecule has 1 aromatic carbocycles. The van der Waals surface area contributed by atoms with E-state index in [0.29, 0.717) is 11.1 Å². The Hall–Kier alpha value is -3.22. The summed E-state index contributed by atoms with van der Waals surface area (Å²) in [6.07, 6.45) is -6.07. The normalized spacial score (nSPS) is 12.2. The highest BCUT2D eigenvalue weighted by Gasteiger charge is 2.33. The van der Waals surface area contributed by atoms with E-state index in [1.54, 1.807) is 32.4 Å². The number of benzene rings is 1.